The van der Waals surface area contributed by atoms with Crippen LogP contribution in [0.2, 0.25) is 0 Å². The lowest BCUT2D eigenvalue weighted by Gasteiger charge is -2.33. The molecule has 19 heavy (non-hydrogen) atoms. The highest BCUT2D eigenvalue weighted by Gasteiger charge is 2.32. The lowest BCUT2D eigenvalue weighted by molar-refractivity contribution is -0.132. The third-order valence-electron chi connectivity index (χ3n) is 4.11. The highest BCUT2D eigenvalue weighted by Crippen LogP contribution is 2.23. The maximum absolute atomic E-state index is 11.4. The zero-order valence-electron chi connectivity index (χ0n) is 11.6. The first-order valence-electron chi connectivity index (χ1n) is 7.10. The minimum Gasteiger partial charge on any atom is -0.384 e. The molecule has 2 aliphatic heterocycles. The minimum atomic E-state index is -0.360. The van der Waals surface area contributed by atoms with E-state index in [2.05, 4.69) is 10.3 Å². The van der Waals surface area contributed by atoms with E-state index in [1.165, 1.54) is 12.8 Å². The van der Waals surface area contributed by atoms with Crippen LogP contribution in [0.5, 0.6) is 0 Å². The molecule has 1 amide bonds. The van der Waals surface area contributed by atoms with Gasteiger partial charge in [-0.1, -0.05) is 0 Å². The number of hydrogen-bond acceptors (Lipinski definition) is 5. The van der Waals surface area contributed by atoms with Crippen molar-refractivity contribution in [2.45, 2.75) is 37.9 Å². The molecule has 0 aromatic carbocycles. The third-order valence-corrected chi connectivity index (χ3v) is 4.11. The Morgan fingerprint density at radius 1 is 1.37 bits per heavy atom. The Labute approximate surface area is 114 Å². The molecule has 0 spiro atoms. The number of rotatable bonds is 5. The van der Waals surface area contributed by atoms with Gasteiger partial charge in [0.2, 0.25) is 0 Å². The number of nitrogens with two attached hydrogens (primary N) is 1. The number of nitrogens with one attached hydrogen (secondary N) is 1. The van der Waals surface area contributed by atoms with Gasteiger partial charge in [0.25, 0.3) is 5.91 Å². The van der Waals surface area contributed by atoms with E-state index >= 15 is 0 Å². The predicted molar refractivity (Wildman–Crippen MR) is 71.3 cm³/mol. The van der Waals surface area contributed by atoms with Gasteiger partial charge in [-0.2, -0.15) is 0 Å². The van der Waals surface area contributed by atoms with Crippen LogP contribution in [0.3, 0.4) is 0 Å². The minimum absolute atomic E-state index is 0.168. The molecule has 0 bridgehead atoms. The monoisotopic (exact) mass is 271 g/mol. The molecule has 6 heteroatoms. The van der Waals surface area contributed by atoms with Crippen LogP contribution >= 0.6 is 0 Å². The molecule has 110 valence electrons. The summed E-state index contributed by atoms with van der Waals surface area (Å²) in [4.78, 5) is 13.8. The topological polar surface area (TPSA) is 76.8 Å². The summed E-state index contributed by atoms with van der Waals surface area (Å²) in [6.45, 7) is 3.99. The first-order chi connectivity index (χ1) is 9.22. The second kappa shape index (κ2) is 7.19. The maximum Gasteiger partial charge on any atom is 0.263 e. The van der Waals surface area contributed by atoms with Crippen LogP contribution in [-0.2, 0) is 14.3 Å². The van der Waals surface area contributed by atoms with Gasteiger partial charge in [0, 0.05) is 20.3 Å². The molecule has 3 N–H and O–H groups in total. The summed E-state index contributed by atoms with van der Waals surface area (Å²) in [5.74, 6) is 5.61. The summed E-state index contributed by atoms with van der Waals surface area (Å²) in [6, 6.07) is 0. The molecule has 0 radical (unpaired) electrons. The van der Waals surface area contributed by atoms with Crippen LogP contribution < -0.4 is 11.3 Å². The zero-order chi connectivity index (χ0) is 13.7. The van der Waals surface area contributed by atoms with Gasteiger partial charge in [-0.3, -0.25) is 10.2 Å². The van der Waals surface area contributed by atoms with Crippen molar-refractivity contribution in [3.63, 3.8) is 0 Å². The number of piperidine rings is 1. The van der Waals surface area contributed by atoms with Crippen LogP contribution in [0.25, 0.3) is 0 Å². The number of hydrogen-bond donors (Lipinski definition) is 2. The highest BCUT2D eigenvalue weighted by molar-refractivity contribution is 5.80. The van der Waals surface area contributed by atoms with Gasteiger partial charge < -0.3 is 14.4 Å². The molecule has 0 aliphatic carbocycles. The third kappa shape index (κ3) is 4.14. The van der Waals surface area contributed by atoms with Gasteiger partial charge in [0.05, 0.1) is 6.10 Å². The largest absolute Gasteiger partial charge is 0.384 e. The summed E-state index contributed by atoms with van der Waals surface area (Å²) in [6.07, 6.45) is 3.90. The molecule has 0 saturated carbocycles. The van der Waals surface area contributed by atoms with Crippen molar-refractivity contribution in [1.82, 2.24) is 10.3 Å². The van der Waals surface area contributed by atoms with Crippen molar-refractivity contribution in [3.8, 4) is 0 Å². The van der Waals surface area contributed by atoms with E-state index < -0.39 is 0 Å². The number of methoxy groups -OCH3 is 1. The summed E-state index contributed by atoms with van der Waals surface area (Å²) in [5, 5.41) is 0. The second-order valence-electron chi connectivity index (χ2n) is 5.53. The smallest absolute Gasteiger partial charge is 0.263 e. The number of hydrazine groups is 1. The molecule has 0 aromatic rings. The second-order valence-corrected chi connectivity index (χ2v) is 5.53. The Kier molecular flexibility index (Phi) is 5.57. The Bertz CT molecular complexity index is 293. The van der Waals surface area contributed by atoms with E-state index in [1.807, 2.05) is 0 Å². The van der Waals surface area contributed by atoms with E-state index in [0.29, 0.717) is 5.92 Å². The molecule has 2 unspecified atom stereocenters. The molecule has 2 saturated heterocycles. The van der Waals surface area contributed by atoms with E-state index in [4.69, 9.17) is 15.3 Å². The van der Waals surface area contributed by atoms with Crippen molar-refractivity contribution in [3.05, 3.63) is 0 Å². The van der Waals surface area contributed by atoms with E-state index in [9.17, 15) is 4.79 Å². The van der Waals surface area contributed by atoms with Crippen molar-refractivity contribution < 1.29 is 14.3 Å². The zero-order valence-corrected chi connectivity index (χ0v) is 11.6. The Morgan fingerprint density at radius 2 is 2.11 bits per heavy atom. The van der Waals surface area contributed by atoms with E-state index in [1.54, 1.807) is 7.11 Å². The summed E-state index contributed by atoms with van der Waals surface area (Å²) >= 11 is 0. The van der Waals surface area contributed by atoms with Gasteiger partial charge in [-0.25, -0.2) is 5.84 Å². The van der Waals surface area contributed by atoms with Crippen LogP contribution in [0.4, 0.5) is 0 Å². The molecule has 2 fully saturated rings. The lowest BCUT2D eigenvalue weighted by atomic mass is 9.97. The molecular weight excluding hydrogens is 246 g/mol. The fraction of sp³-hybridized carbons (Fsp3) is 0.923. The molecule has 2 atom stereocenters. The number of amides is 1. The van der Waals surface area contributed by atoms with Crippen molar-refractivity contribution in [2.75, 3.05) is 33.4 Å². The Morgan fingerprint density at radius 3 is 2.74 bits per heavy atom. The van der Waals surface area contributed by atoms with Crippen molar-refractivity contribution in [2.24, 2.45) is 11.8 Å². The maximum atomic E-state index is 11.4. The molecule has 6 nitrogen and oxygen atoms in total. The number of nitrogens with zero attached hydrogens (tertiary/aromatic N) is 1. The van der Waals surface area contributed by atoms with Gasteiger partial charge in [0.1, 0.15) is 6.10 Å². The number of carbonyl (C=O) groups excluding carboxylic acids is 1. The number of carbonyl (C=O) groups is 1. The summed E-state index contributed by atoms with van der Waals surface area (Å²) in [5.41, 5.74) is 2.16. The average Bonchev–Trinajstić information content (AvgIpc) is 2.89. The summed E-state index contributed by atoms with van der Waals surface area (Å²) in [7, 11) is 1.77. The first kappa shape index (κ1) is 14.7. The van der Waals surface area contributed by atoms with Gasteiger partial charge in [-0.15, -0.1) is 0 Å². The van der Waals surface area contributed by atoms with Crippen molar-refractivity contribution in [1.29, 1.82) is 0 Å². The van der Waals surface area contributed by atoms with Gasteiger partial charge in [0.15, 0.2) is 0 Å². The average molecular weight is 271 g/mol. The normalized spacial score (nSPS) is 29.6. The fourth-order valence-electron chi connectivity index (χ4n) is 2.99. The van der Waals surface area contributed by atoms with Gasteiger partial charge >= 0.3 is 0 Å². The Balaban J connectivity index is 1.68. The van der Waals surface area contributed by atoms with E-state index in [0.717, 1.165) is 39.1 Å². The van der Waals surface area contributed by atoms with E-state index in [-0.39, 0.29) is 18.1 Å². The number of likely N-dealkylation sites (tertiary alicyclic amines) is 1. The highest BCUT2D eigenvalue weighted by atomic mass is 16.5. The quantitative estimate of drug-likeness (QED) is 0.414. The predicted octanol–water partition coefficient (Wildman–Crippen LogP) is -0.118. The van der Waals surface area contributed by atoms with Crippen LogP contribution in [-0.4, -0.2) is 56.4 Å². The van der Waals surface area contributed by atoms with Gasteiger partial charge in [-0.05, 0) is 44.7 Å². The van der Waals surface area contributed by atoms with Crippen LogP contribution in [0, 0.1) is 5.92 Å². The molecule has 2 heterocycles. The fourth-order valence-corrected chi connectivity index (χ4v) is 2.99. The number of ether oxygens (including phenoxy) is 2. The van der Waals surface area contributed by atoms with Crippen LogP contribution in [0.1, 0.15) is 25.7 Å². The lowest BCUT2D eigenvalue weighted by Crippen LogP contribution is -2.42. The molecule has 2 rings (SSSR count). The van der Waals surface area contributed by atoms with Crippen LogP contribution in [0.15, 0.2) is 0 Å². The summed E-state index contributed by atoms with van der Waals surface area (Å²) < 4.78 is 10.9. The molecule has 0 aromatic heterocycles. The molecular formula is C13H25N3O3. The Hall–Kier alpha value is -0.690. The SMILES string of the molecule is COCC1CCN(CC2CCC(C(=O)NN)O2)CC1. The molecule has 2 aliphatic rings. The first-order valence-corrected chi connectivity index (χ1v) is 7.10. The standard InChI is InChI=1S/C13H25N3O3/c1-18-9-10-4-6-16(7-5-10)8-11-2-3-12(19-11)13(17)15-14/h10-12H,2-9,14H2,1H3,(H,15,17). The van der Waals surface area contributed by atoms with Crippen molar-refractivity contribution >= 4 is 5.91 Å².